The summed E-state index contributed by atoms with van der Waals surface area (Å²) in [5.41, 5.74) is 6.50. The number of aliphatic hydroxyl groups excluding tert-OH is 1. The van der Waals surface area contributed by atoms with Crippen LogP contribution in [-0.2, 0) is 0 Å². The van der Waals surface area contributed by atoms with Gasteiger partial charge in [0.25, 0.3) is 0 Å². The van der Waals surface area contributed by atoms with E-state index in [1.54, 1.807) is 6.92 Å². The van der Waals surface area contributed by atoms with Gasteiger partial charge < -0.3 is 5.11 Å². The molecule has 4 heteroatoms. The number of benzene rings is 2. The average Bonchev–Trinajstić information content (AvgIpc) is 2.81. The molecule has 0 bridgehead atoms. The van der Waals surface area contributed by atoms with E-state index in [9.17, 15) is 5.11 Å². The Kier molecular flexibility index (Phi) is 3.59. The maximum atomic E-state index is 9.72. The first kappa shape index (κ1) is 14.3. The predicted octanol–water partition coefficient (Wildman–Crippen LogP) is 4.46. The summed E-state index contributed by atoms with van der Waals surface area (Å²) in [5, 5.41) is 9.72. The first-order chi connectivity index (χ1) is 9.97. The topological polar surface area (TPSA) is 38.0 Å². The lowest BCUT2D eigenvalue weighted by Crippen LogP contribution is -1.97. The molecule has 3 aromatic rings. The molecule has 0 amide bonds. The van der Waals surface area contributed by atoms with Crippen LogP contribution in [-0.4, -0.2) is 14.7 Å². The Morgan fingerprint density at radius 1 is 1.14 bits per heavy atom. The van der Waals surface area contributed by atoms with Gasteiger partial charge in [-0.05, 0) is 61.7 Å². The van der Waals surface area contributed by atoms with Crippen LogP contribution in [0, 0.1) is 13.8 Å². The molecule has 1 atom stereocenters. The van der Waals surface area contributed by atoms with Gasteiger partial charge >= 0.3 is 0 Å². The minimum Gasteiger partial charge on any atom is -0.389 e. The van der Waals surface area contributed by atoms with Crippen molar-refractivity contribution in [1.82, 2.24) is 9.55 Å². The molecule has 0 saturated carbocycles. The summed E-state index contributed by atoms with van der Waals surface area (Å²) in [5.74, 6) is 0. The van der Waals surface area contributed by atoms with Crippen molar-refractivity contribution in [3.63, 3.8) is 0 Å². The van der Waals surface area contributed by atoms with E-state index < -0.39 is 6.10 Å². The van der Waals surface area contributed by atoms with Crippen molar-refractivity contribution in [2.75, 3.05) is 0 Å². The third-order valence-electron chi connectivity index (χ3n) is 3.88. The van der Waals surface area contributed by atoms with Crippen LogP contribution in [0.3, 0.4) is 0 Å². The second-order valence-electron chi connectivity index (χ2n) is 5.42. The van der Waals surface area contributed by atoms with Gasteiger partial charge in [-0.1, -0.05) is 22.0 Å². The Balaban J connectivity index is 2.17. The summed E-state index contributed by atoms with van der Waals surface area (Å²) >= 11 is 3.53. The van der Waals surface area contributed by atoms with Gasteiger partial charge in [-0.2, -0.15) is 0 Å². The molecule has 2 aromatic carbocycles. The normalized spacial score (nSPS) is 12.8. The summed E-state index contributed by atoms with van der Waals surface area (Å²) in [6.07, 6.45) is 1.35. The van der Waals surface area contributed by atoms with E-state index in [0.29, 0.717) is 0 Å². The lowest BCUT2D eigenvalue weighted by atomic mass is 10.1. The molecule has 3 rings (SSSR count). The molecule has 0 aliphatic heterocycles. The third kappa shape index (κ3) is 2.49. The lowest BCUT2D eigenvalue weighted by molar-refractivity contribution is 0.198. The molecule has 1 N–H and O–H groups in total. The van der Waals surface area contributed by atoms with Gasteiger partial charge in [-0.25, -0.2) is 4.98 Å². The van der Waals surface area contributed by atoms with Gasteiger partial charge in [-0.15, -0.1) is 0 Å². The zero-order chi connectivity index (χ0) is 15.1. The van der Waals surface area contributed by atoms with E-state index in [1.807, 2.05) is 24.5 Å². The molecule has 0 radical (unpaired) electrons. The number of imidazole rings is 1. The number of halogens is 1. The highest BCUT2D eigenvalue weighted by molar-refractivity contribution is 9.10. The second-order valence-corrected chi connectivity index (χ2v) is 6.28. The van der Waals surface area contributed by atoms with Crippen molar-refractivity contribution in [3.05, 3.63) is 57.8 Å². The molecule has 1 heterocycles. The van der Waals surface area contributed by atoms with Crippen molar-refractivity contribution < 1.29 is 5.11 Å². The zero-order valence-corrected chi connectivity index (χ0v) is 13.8. The standard InChI is InChI=1S/C17H17BrN2O/c1-10-6-16-17(7-11(10)2)20(9-19-16)13-4-5-14(12(3)21)15(18)8-13/h4-9,12,21H,1-3H3. The van der Waals surface area contributed by atoms with E-state index in [4.69, 9.17) is 0 Å². The van der Waals surface area contributed by atoms with Gasteiger partial charge in [0, 0.05) is 10.2 Å². The van der Waals surface area contributed by atoms with Crippen LogP contribution >= 0.6 is 15.9 Å². The Bertz CT molecular complexity index is 821. The van der Waals surface area contributed by atoms with Crippen LogP contribution in [0.4, 0.5) is 0 Å². The van der Waals surface area contributed by atoms with Crippen LogP contribution in [0.2, 0.25) is 0 Å². The van der Waals surface area contributed by atoms with Crippen LogP contribution in [0.25, 0.3) is 16.7 Å². The Labute approximate surface area is 132 Å². The molecular formula is C17H17BrN2O. The van der Waals surface area contributed by atoms with Crippen molar-refractivity contribution >= 4 is 27.0 Å². The minimum atomic E-state index is -0.488. The fourth-order valence-corrected chi connectivity index (χ4v) is 3.17. The van der Waals surface area contributed by atoms with Crippen LogP contribution in [0.15, 0.2) is 41.1 Å². The fraction of sp³-hybridized carbons (Fsp3) is 0.235. The van der Waals surface area contributed by atoms with Gasteiger partial charge in [-0.3, -0.25) is 4.57 Å². The van der Waals surface area contributed by atoms with E-state index in [0.717, 1.165) is 26.8 Å². The lowest BCUT2D eigenvalue weighted by Gasteiger charge is -2.11. The third-order valence-corrected chi connectivity index (χ3v) is 4.56. The number of aliphatic hydroxyl groups is 1. The molecule has 108 valence electrons. The summed E-state index contributed by atoms with van der Waals surface area (Å²) in [6, 6.07) is 10.2. The molecule has 3 nitrogen and oxygen atoms in total. The Hall–Kier alpha value is -1.65. The van der Waals surface area contributed by atoms with Crippen LogP contribution in [0.1, 0.15) is 29.7 Å². The summed E-state index contributed by atoms with van der Waals surface area (Å²) in [4.78, 5) is 4.48. The van der Waals surface area contributed by atoms with E-state index in [1.165, 1.54) is 11.1 Å². The summed E-state index contributed by atoms with van der Waals surface area (Å²) < 4.78 is 2.97. The molecule has 0 aliphatic rings. The highest BCUT2D eigenvalue weighted by Gasteiger charge is 2.10. The number of nitrogens with zero attached hydrogens (tertiary/aromatic N) is 2. The Morgan fingerprint density at radius 3 is 2.52 bits per heavy atom. The zero-order valence-electron chi connectivity index (χ0n) is 12.3. The molecule has 21 heavy (non-hydrogen) atoms. The first-order valence-corrected chi connectivity index (χ1v) is 7.69. The fourth-order valence-electron chi connectivity index (χ4n) is 2.47. The quantitative estimate of drug-likeness (QED) is 0.745. The molecular weight excluding hydrogens is 328 g/mol. The molecule has 1 aromatic heterocycles. The predicted molar refractivity (Wildman–Crippen MR) is 88.9 cm³/mol. The summed E-state index contributed by atoms with van der Waals surface area (Å²) in [7, 11) is 0. The molecule has 0 saturated heterocycles. The monoisotopic (exact) mass is 344 g/mol. The second kappa shape index (κ2) is 5.28. The van der Waals surface area contributed by atoms with E-state index >= 15 is 0 Å². The molecule has 0 spiro atoms. The van der Waals surface area contributed by atoms with Crippen LogP contribution < -0.4 is 0 Å². The van der Waals surface area contributed by atoms with Crippen molar-refractivity contribution in [1.29, 1.82) is 0 Å². The first-order valence-electron chi connectivity index (χ1n) is 6.89. The molecule has 0 aliphatic carbocycles. The van der Waals surface area contributed by atoms with Crippen molar-refractivity contribution in [3.8, 4) is 5.69 Å². The number of fused-ring (bicyclic) bond motifs is 1. The van der Waals surface area contributed by atoms with Gasteiger partial charge in [0.15, 0.2) is 0 Å². The summed E-state index contributed by atoms with van der Waals surface area (Å²) in [6.45, 7) is 5.97. The number of hydrogen-bond acceptors (Lipinski definition) is 2. The van der Waals surface area contributed by atoms with Gasteiger partial charge in [0.2, 0.25) is 0 Å². The van der Waals surface area contributed by atoms with E-state index in [-0.39, 0.29) is 0 Å². The largest absolute Gasteiger partial charge is 0.389 e. The maximum Gasteiger partial charge on any atom is 0.100 e. The molecule has 1 unspecified atom stereocenters. The highest BCUT2D eigenvalue weighted by Crippen LogP contribution is 2.28. The molecule has 0 fully saturated rings. The number of aryl methyl sites for hydroxylation is 2. The smallest absolute Gasteiger partial charge is 0.100 e. The van der Waals surface area contributed by atoms with E-state index in [2.05, 4.69) is 51.5 Å². The Morgan fingerprint density at radius 2 is 1.86 bits per heavy atom. The van der Waals surface area contributed by atoms with Crippen molar-refractivity contribution in [2.45, 2.75) is 26.9 Å². The number of aromatic nitrogens is 2. The SMILES string of the molecule is Cc1cc2ncn(-c3ccc(C(C)O)c(Br)c3)c2cc1C. The minimum absolute atomic E-state index is 0.488. The van der Waals surface area contributed by atoms with Gasteiger partial charge in [0.1, 0.15) is 6.33 Å². The van der Waals surface area contributed by atoms with Gasteiger partial charge in [0.05, 0.1) is 17.1 Å². The number of hydrogen-bond donors (Lipinski definition) is 1. The average molecular weight is 345 g/mol. The number of rotatable bonds is 2. The van der Waals surface area contributed by atoms with Crippen LogP contribution in [0.5, 0.6) is 0 Å². The maximum absolute atomic E-state index is 9.72. The highest BCUT2D eigenvalue weighted by atomic mass is 79.9. The van der Waals surface area contributed by atoms with Crippen molar-refractivity contribution in [2.24, 2.45) is 0 Å².